The van der Waals surface area contributed by atoms with Crippen LogP contribution in [0.15, 0.2) is 12.3 Å². The molecule has 0 aliphatic rings. The quantitative estimate of drug-likeness (QED) is 0.710. The lowest BCUT2D eigenvalue weighted by Gasteiger charge is -2.06. The van der Waals surface area contributed by atoms with E-state index in [-0.39, 0.29) is 30.9 Å². The molecule has 1 aromatic rings. The number of nitrogens with one attached hydrogen (secondary N) is 2. The Morgan fingerprint density at radius 3 is 2.89 bits per heavy atom. The number of hydrogen-bond donors (Lipinski definition) is 3. The van der Waals surface area contributed by atoms with Gasteiger partial charge in [-0.25, -0.2) is 4.79 Å². The Morgan fingerprint density at radius 1 is 1.56 bits per heavy atom. The number of alkyl halides is 3. The molecule has 2 amide bonds. The summed E-state index contributed by atoms with van der Waals surface area (Å²) in [4.78, 5) is 11.2. The summed E-state index contributed by atoms with van der Waals surface area (Å²) in [6, 6.07) is 0.669. The first-order valence-corrected chi connectivity index (χ1v) is 5.79. The Bertz CT molecular complexity index is 396. The topological polar surface area (TPSA) is 79.2 Å². The van der Waals surface area contributed by atoms with Crippen LogP contribution in [-0.4, -0.2) is 39.5 Å². The highest BCUT2D eigenvalue weighted by Crippen LogP contribution is 2.19. The van der Waals surface area contributed by atoms with Crippen LogP contribution in [0, 0.1) is 0 Å². The first kappa shape index (κ1) is 14.6. The van der Waals surface area contributed by atoms with E-state index in [9.17, 15) is 18.0 Å². The van der Waals surface area contributed by atoms with E-state index in [2.05, 4.69) is 10.4 Å². The van der Waals surface area contributed by atoms with Gasteiger partial charge in [0, 0.05) is 12.3 Å². The van der Waals surface area contributed by atoms with Gasteiger partial charge < -0.3 is 5.11 Å². The average Bonchev–Trinajstić information content (AvgIpc) is 2.64. The monoisotopic (exact) mass is 284 g/mol. The van der Waals surface area contributed by atoms with Gasteiger partial charge in [-0.2, -0.15) is 18.3 Å². The highest BCUT2D eigenvalue weighted by molar-refractivity contribution is 7.98. The zero-order valence-corrected chi connectivity index (χ0v) is 9.88. The summed E-state index contributed by atoms with van der Waals surface area (Å²) in [5.74, 6) is -0.979. The van der Waals surface area contributed by atoms with Gasteiger partial charge in [0.25, 0.3) is 0 Å². The fourth-order valence-electron chi connectivity index (χ4n) is 0.981. The zero-order valence-electron chi connectivity index (χ0n) is 9.07. The summed E-state index contributed by atoms with van der Waals surface area (Å²) >= 11 is 0.243. The third-order valence-corrected chi connectivity index (χ3v) is 2.41. The molecule has 18 heavy (non-hydrogen) atoms. The number of urea groups is 1. The van der Waals surface area contributed by atoms with Crippen molar-refractivity contribution in [3.05, 3.63) is 12.3 Å². The molecule has 1 aromatic heterocycles. The summed E-state index contributed by atoms with van der Waals surface area (Å²) < 4.78 is 38.7. The first-order valence-electron chi connectivity index (χ1n) is 4.80. The summed E-state index contributed by atoms with van der Waals surface area (Å²) in [5, 5.41) is 14.7. The van der Waals surface area contributed by atoms with E-state index in [4.69, 9.17) is 5.11 Å². The molecule has 0 spiro atoms. The van der Waals surface area contributed by atoms with Crippen LogP contribution < -0.4 is 10.0 Å². The standard InChI is InChI=1S/C8H11F3N4O2S/c9-8(10,11)5-18-14-7(17)12-6-1-2-15(13-6)3-4-16/h1-2,16H,3-5H2,(H2,12,13,14,17). The number of carbonyl (C=O) groups excluding carboxylic acids is 1. The van der Waals surface area contributed by atoms with Crippen molar-refractivity contribution in [1.29, 1.82) is 0 Å². The summed E-state index contributed by atoms with van der Waals surface area (Å²) in [7, 11) is 0. The first-order chi connectivity index (χ1) is 8.40. The third kappa shape index (κ3) is 5.77. The minimum atomic E-state index is -4.33. The molecule has 1 heterocycles. The SMILES string of the molecule is O=C(NSCC(F)(F)F)Nc1ccn(CCO)n1. The predicted octanol–water partition coefficient (Wildman–Crippen LogP) is 1.21. The van der Waals surface area contributed by atoms with Gasteiger partial charge in [-0.1, -0.05) is 0 Å². The van der Waals surface area contributed by atoms with Gasteiger partial charge in [0.1, 0.15) is 5.75 Å². The fourth-order valence-corrected chi connectivity index (χ4v) is 1.40. The second-order valence-corrected chi connectivity index (χ2v) is 3.93. The Hall–Kier alpha value is -1.42. The number of halogens is 3. The van der Waals surface area contributed by atoms with Crippen molar-refractivity contribution in [3.8, 4) is 0 Å². The van der Waals surface area contributed by atoms with Crippen molar-refractivity contribution < 1.29 is 23.1 Å². The molecule has 0 saturated heterocycles. The molecule has 0 bridgehead atoms. The highest BCUT2D eigenvalue weighted by Gasteiger charge is 2.27. The summed E-state index contributed by atoms with van der Waals surface area (Å²) in [5.41, 5.74) is 0. The number of hydrogen-bond acceptors (Lipinski definition) is 4. The normalized spacial score (nSPS) is 11.3. The zero-order chi connectivity index (χ0) is 13.6. The number of aromatic nitrogens is 2. The van der Waals surface area contributed by atoms with E-state index in [1.807, 2.05) is 4.72 Å². The Morgan fingerprint density at radius 2 is 2.28 bits per heavy atom. The molecule has 0 aliphatic heterocycles. The fraction of sp³-hybridized carbons (Fsp3) is 0.500. The molecule has 0 radical (unpaired) electrons. The minimum Gasteiger partial charge on any atom is -0.394 e. The second kappa shape index (κ2) is 6.50. The number of nitrogens with zero attached hydrogens (tertiary/aromatic N) is 2. The summed E-state index contributed by atoms with van der Waals surface area (Å²) in [6.45, 7) is 0.168. The van der Waals surface area contributed by atoms with Gasteiger partial charge in [-0.15, -0.1) is 0 Å². The number of carbonyl (C=O) groups is 1. The van der Waals surface area contributed by atoms with Crippen LogP contribution in [0.3, 0.4) is 0 Å². The van der Waals surface area contributed by atoms with E-state index in [1.54, 1.807) is 0 Å². The smallest absolute Gasteiger partial charge is 0.394 e. The maximum absolute atomic E-state index is 11.8. The molecule has 0 aromatic carbocycles. The average molecular weight is 284 g/mol. The van der Waals surface area contributed by atoms with Gasteiger partial charge in [-0.3, -0.25) is 14.7 Å². The van der Waals surface area contributed by atoms with E-state index < -0.39 is 18.0 Å². The van der Waals surface area contributed by atoms with E-state index in [1.165, 1.54) is 16.9 Å². The number of amides is 2. The van der Waals surface area contributed by atoms with Gasteiger partial charge in [0.15, 0.2) is 5.82 Å². The van der Waals surface area contributed by atoms with Crippen LogP contribution in [0.2, 0.25) is 0 Å². The minimum absolute atomic E-state index is 0.102. The number of rotatable bonds is 5. The second-order valence-electron chi connectivity index (χ2n) is 3.15. The Kier molecular flexibility index (Phi) is 5.28. The maximum Gasteiger partial charge on any atom is 0.399 e. The Balaban J connectivity index is 2.31. The molecule has 10 heteroatoms. The molecular weight excluding hydrogens is 273 g/mol. The largest absolute Gasteiger partial charge is 0.399 e. The van der Waals surface area contributed by atoms with Crippen LogP contribution in [0.1, 0.15) is 0 Å². The van der Waals surface area contributed by atoms with E-state index in [0.29, 0.717) is 0 Å². The molecule has 0 saturated carbocycles. The van der Waals surface area contributed by atoms with Gasteiger partial charge in [0.2, 0.25) is 0 Å². The molecule has 0 fully saturated rings. The van der Waals surface area contributed by atoms with E-state index >= 15 is 0 Å². The van der Waals surface area contributed by atoms with Gasteiger partial charge >= 0.3 is 12.2 Å². The van der Waals surface area contributed by atoms with Crippen LogP contribution in [0.25, 0.3) is 0 Å². The number of aliphatic hydroxyl groups is 1. The number of anilines is 1. The van der Waals surface area contributed by atoms with Crippen LogP contribution in [0.5, 0.6) is 0 Å². The third-order valence-electron chi connectivity index (χ3n) is 1.61. The van der Waals surface area contributed by atoms with Crippen molar-refractivity contribution in [3.63, 3.8) is 0 Å². The van der Waals surface area contributed by atoms with E-state index in [0.717, 1.165) is 0 Å². The lowest BCUT2D eigenvalue weighted by atomic mass is 10.6. The molecule has 1 rings (SSSR count). The van der Waals surface area contributed by atoms with Crippen LogP contribution in [-0.2, 0) is 6.54 Å². The molecule has 0 aliphatic carbocycles. The Labute approximate surface area is 105 Å². The maximum atomic E-state index is 11.8. The van der Waals surface area contributed by atoms with Crippen LogP contribution >= 0.6 is 11.9 Å². The molecule has 0 atom stereocenters. The molecule has 0 unspecified atom stereocenters. The van der Waals surface area contributed by atoms with Crippen molar-refractivity contribution >= 4 is 23.8 Å². The highest BCUT2D eigenvalue weighted by atomic mass is 32.2. The lowest BCUT2D eigenvalue weighted by molar-refractivity contribution is -0.105. The number of aliphatic hydroxyl groups excluding tert-OH is 1. The molecule has 102 valence electrons. The molecule has 6 nitrogen and oxygen atoms in total. The summed E-state index contributed by atoms with van der Waals surface area (Å²) in [6.07, 6.45) is -2.81. The molecule has 3 N–H and O–H groups in total. The van der Waals surface area contributed by atoms with Crippen molar-refractivity contribution in [2.45, 2.75) is 12.7 Å². The van der Waals surface area contributed by atoms with Crippen molar-refractivity contribution in [2.24, 2.45) is 0 Å². The molecular formula is C8H11F3N4O2S. The van der Waals surface area contributed by atoms with Crippen molar-refractivity contribution in [2.75, 3.05) is 17.7 Å². The van der Waals surface area contributed by atoms with Gasteiger partial charge in [-0.05, 0) is 11.9 Å². The lowest BCUT2D eigenvalue weighted by Crippen LogP contribution is -2.26. The predicted molar refractivity (Wildman–Crippen MR) is 60.0 cm³/mol. The van der Waals surface area contributed by atoms with Crippen molar-refractivity contribution in [1.82, 2.24) is 14.5 Å². The van der Waals surface area contributed by atoms with Gasteiger partial charge in [0.05, 0.1) is 13.2 Å². The van der Waals surface area contributed by atoms with Crippen LogP contribution in [0.4, 0.5) is 23.8 Å².